The lowest BCUT2D eigenvalue weighted by molar-refractivity contribution is 0.0696. The van der Waals surface area contributed by atoms with Crippen molar-refractivity contribution in [1.29, 1.82) is 0 Å². The van der Waals surface area contributed by atoms with E-state index in [4.69, 9.17) is 9.84 Å². The largest absolute Gasteiger partial charge is 0.487 e. The van der Waals surface area contributed by atoms with Crippen LogP contribution in [0.3, 0.4) is 0 Å². The van der Waals surface area contributed by atoms with Crippen LogP contribution in [0, 0.1) is 13.8 Å². The van der Waals surface area contributed by atoms with Gasteiger partial charge in [-0.3, -0.25) is 0 Å². The molecule has 18 heavy (non-hydrogen) atoms. The molecule has 0 saturated carbocycles. The summed E-state index contributed by atoms with van der Waals surface area (Å²) in [7, 11) is 0. The molecule has 1 N–H and O–H groups in total. The Labute approximate surface area is 109 Å². The predicted octanol–water partition coefficient (Wildman–Crippen LogP) is 3.04. The Bertz CT molecular complexity index is 577. The lowest BCUT2D eigenvalue weighted by Crippen LogP contribution is -1.99. The summed E-state index contributed by atoms with van der Waals surface area (Å²) < 4.78 is 5.57. The average molecular weight is 263 g/mol. The minimum Gasteiger partial charge on any atom is -0.487 e. The van der Waals surface area contributed by atoms with Crippen molar-refractivity contribution in [1.82, 2.24) is 4.98 Å². The highest BCUT2D eigenvalue weighted by Crippen LogP contribution is 2.18. The van der Waals surface area contributed by atoms with Crippen molar-refractivity contribution in [3.8, 4) is 5.75 Å². The minimum absolute atomic E-state index is 0.0914. The molecule has 0 bridgehead atoms. The van der Waals surface area contributed by atoms with E-state index < -0.39 is 5.97 Å². The lowest BCUT2D eigenvalue weighted by Gasteiger charge is -2.06. The molecule has 5 heteroatoms. The minimum atomic E-state index is -1.00. The molecule has 0 aliphatic carbocycles. The number of aryl methyl sites for hydroxylation is 2. The number of benzene rings is 1. The van der Waals surface area contributed by atoms with Gasteiger partial charge in [0.05, 0.1) is 5.69 Å². The maximum atomic E-state index is 10.7. The van der Waals surface area contributed by atoms with Crippen LogP contribution in [0.4, 0.5) is 0 Å². The van der Waals surface area contributed by atoms with Crippen LogP contribution in [0.2, 0.25) is 0 Å². The fourth-order valence-corrected chi connectivity index (χ4v) is 2.07. The first kappa shape index (κ1) is 12.6. The third-order valence-corrected chi connectivity index (χ3v) is 3.48. The number of rotatable bonds is 4. The van der Waals surface area contributed by atoms with Crippen LogP contribution in [0.25, 0.3) is 0 Å². The monoisotopic (exact) mass is 263 g/mol. The summed E-state index contributed by atoms with van der Waals surface area (Å²) in [6, 6.07) is 5.85. The molecule has 94 valence electrons. The molecule has 4 nitrogen and oxygen atoms in total. The van der Waals surface area contributed by atoms with E-state index >= 15 is 0 Å². The Morgan fingerprint density at radius 2 is 2.17 bits per heavy atom. The molecule has 0 aliphatic rings. The average Bonchev–Trinajstić information content (AvgIpc) is 2.79. The third kappa shape index (κ3) is 2.87. The van der Waals surface area contributed by atoms with Crippen molar-refractivity contribution >= 4 is 17.3 Å². The molecule has 2 rings (SSSR count). The number of carbonyl (C=O) groups is 1. The van der Waals surface area contributed by atoms with Gasteiger partial charge in [0.25, 0.3) is 0 Å². The molecule has 0 aliphatic heterocycles. The molecule has 0 spiro atoms. The number of aromatic carboxylic acids is 1. The maximum Gasteiger partial charge on any atom is 0.365 e. The highest BCUT2D eigenvalue weighted by Gasteiger charge is 2.09. The number of ether oxygens (including phenoxy) is 1. The second-order valence-electron chi connectivity index (χ2n) is 3.98. The van der Waals surface area contributed by atoms with Gasteiger partial charge in [0, 0.05) is 5.38 Å². The van der Waals surface area contributed by atoms with Crippen LogP contribution in [0.5, 0.6) is 5.75 Å². The second kappa shape index (κ2) is 5.18. The molecule has 0 unspecified atom stereocenters. The molecule has 0 saturated heterocycles. The highest BCUT2D eigenvalue weighted by atomic mass is 32.1. The van der Waals surface area contributed by atoms with Crippen LogP contribution in [0.1, 0.15) is 26.6 Å². The van der Waals surface area contributed by atoms with Gasteiger partial charge in [0.2, 0.25) is 5.01 Å². The predicted molar refractivity (Wildman–Crippen MR) is 69.3 cm³/mol. The zero-order valence-corrected chi connectivity index (χ0v) is 11.0. The Balaban J connectivity index is 2.02. The standard InChI is InChI=1S/C13H13NO3S/c1-8-3-4-11(5-9(8)2)17-6-10-7-18-12(14-10)13(15)16/h3-5,7H,6H2,1-2H3,(H,15,16). The maximum absolute atomic E-state index is 10.7. The van der Waals surface area contributed by atoms with Crippen molar-refractivity contribution in [3.63, 3.8) is 0 Å². The number of hydrogen-bond acceptors (Lipinski definition) is 4. The van der Waals surface area contributed by atoms with E-state index in [1.54, 1.807) is 5.38 Å². The molecule has 0 fully saturated rings. The summed E-state index contributed by atoms with van der Waals surface area (Å²) in [6.45, 7) is 4.35. The Kier molecular flexibility index (Phi) is 3.62. The van der Waals surface area contributed by atoms with Crippen LogP contribution in [-0.2, 0) is 6.61 Å². The number of thiazole rings is 1. The van der Waals surface area contributed by atoms with E-state index in [1.165, 1.54) is 5.56 Å². The summed E-state index contributed by atoms with van der Waals surface area (Å²) in [4.78, 5) is 14.6. The summed E-state index contributed by atoms with van der Waals surface area (Å²) >= 11 is 1.11. The second-order valence-corrected chi connectivity index (χ2v) is 4.84. The normalized spacial score (nSPS) is 10.3. The van der Waals surface area contributed by atoms with Crippen molar-refractivity contribution < 1.29 is 14.6 Å². The number of hydrogen-bond donors (Lipinski definition) is 1. The molecular formula is C13H13NO3S. The smallest absolute Gasteiger partial charge is 0.365 e. The molecule has 0 radical (unpaired) electrons. The SMILES string of the molecule is Cc1ccc(OCc2csc(C(=O)O)n2)cc1C. The highest BCUT2D eigenvalue weighted by molar-refractivity contribution is 7.11. The quantitative estimate of drug-likeness (QED) is 0.921. The molecule has 0 amide bonds. The van der Waals surface area contributed by atoms with E-state index in [2.05, 4.69) is 4.98 Å². The fraction of sp³-hybridized carbons (Fsp3) is 0.231. The van der Waals surface area contributed by atoms with Gasteiger partial charge in [-0.2, -0.15) is 0 Å². The summed E-state index contributed by atoms with van der Waals surface area (Å²) in [5, 5.41) is 10.5. The molecule has 2 aromatic rings. The van der Waals surface area contributed by atoms with Crippen molar-refractivity contribution in [2.24, 2.45) is 0 Å². The summed E-state index contributed by atoms with van der Waals surface area (Å²) in [5.74, 6) is -0.236. The van der Waals surface area contributed by atoms with Gasteiger partial charge in [-0.25, -0.2) is 9.78 Å². The first-order chi connectivity index (χ1) is 8.56. The van der Waals surface area contributed by atoms with Crippen LogP contribution < -0.4 is 4.74 Å². The summed E-state index contributed by atoms with van der Waals surface area (Å²) in [5.41, 5.74) is 3.01. The summed E-state index contributed by atoms with van der Waals surface area (Å²) in [6.07, 6.45) is 0. The van der Waals surface area contributed by atoms with Gasteiger partial charge in [-0.05, 0) is 37.1 Å². The molecule has 1 aromatic carbocycles. The topological polar surface area (TPSA) is 59.4 Å². The van der Waals surface area contributed by atoms with Crippen molar-refractivity contribution in [3.05, 3.63) is 45.4 Å². The third-order valence-electron chi connectivity index (χ3n) is 2.60. The number of carboxylic acid groups (broad SMARTS) is 1. The Morgan fingerprint density at radius 1 is 1.39 bits per heavy atom. The van der Waals surface area contributed by atoms with Gasteiger partial charge < -0.3 is 9.84 Å². The Morgan fingerprint density at radius 3 is 2.78 bits per heavy atom. The molecular weight excluding hydrogens is 250 g/mol. The van der Waals surface area contributed by atoms with E-state index in [0.29, 0.717) is 5.69 Å². The van der Waals surface area contributed by atoms with Gasteiger partial charge in [-0.15, -0.1) is 11.3 Å². The molecule has 0 atom stereocenters. The van der Waals surface area contributed by atoms with Crippen LogP contribution >= 0.6 is 11.3 Å². The number of aromatic nitrogens is 1. The zero-order chi connectivity index (χ0) is 13.1. The van der Waals surface area contributed by atoms with Crippen LogP contribution in [-0.4, -0.2) is 16.1 Å². The van der Waals surface area contributed by atoms with Gasteiger partial charge in [0.1, 0.15) is 12.4 Å². The van der Waals surface area contributed by atoms with E-state index in [0.717, 1.165) is 22.6 Å². The van der Waals surface area contributed by atoms with E-state index in [-0.39, 0.29) is 11.6 Å². The van der Waals surface area contributed by atoms with E-state index in [1.807, 2.05) is 32.0 Å². The van der Waals surface area contributed by atoms with E-state index in [9.17, 15) is 4.79 Å². The van der Waals surface area contributed by atoms with Gasteiger partial charge in [-0.1, -0.05) is 6.07 Å². The number of nitrogens with zero attached hydrogens (tertiary/aromatic N) is 1. The fourth-order valence-electron chi connectivity index (χ4n) is 1.43. The molecule has 1 aromatic heterocycles. The lowest BCUT2D eigenvalue weighted by atomic mass is 10.1. The van der Waals surface area contributed by atoms with Crippen LogP contribution in [0.15, 0.2) is 23.6 Å². The van der Waals surface area contributed by atoms with Crippen molar-refractivity contribution in [2.75, 3.05) is 0 Å². The van der Waals surface area contributed by atoms with Gasteiger partial charge >= 0.3 is 5.97 Å². The molecule has 1 heterocycles. The first-order valence-electron chi connectivity index (χ1n) is 5.44. The Hall–Kier alpha value is -1.88. The van der Waals surface area contributed by atoms with Crippen molar-refractivity contribution in [2.45, 2.75) is 20.5 Å². The zero-order valence-electron chi connectivity index (χ0n) is 10.1. The van der Waals surface area contributed by atoms with Gasteiger partial charge in [0.15, 0.2) is 0 Å². The number of carboxylic acids is 1. The first-order valence-corrected chi connectivity index (χ1v) is 6.32.